The molecule has 2 N–H and O–H groups in total. The van der Waals surface area contributed by atoms with Crippen LogP contribution in [0.1, 0.15) is 29.5 Å². The fourth-order valence-corrected chi connectivity index (χ4v) is 3.55. The molecule has 1 aromatic carbocycles. The van der Waals surface area contributed by atoms with Crippen molar-refractivity contribution in [2.75, 3.05) is 0 Å². The van der Waals surface area contributed by atoms with Gasteiger partial charge in [0.25, 0.3) is 5.22 Å². The molecule has 3 amide bonds. The summed E-state index contributed by atoms with van der Waals surface area (Å²) in [6, 6.07) is 5.59. The second-order valence-electron chi connectivity index (χ2n) is 6.24. The van der Waals surface area contributed by atoms with Gasteiger partial charge in [0.2, 0.25) is 11.8 Å². The second-order valence-corrected chi connectivity index (χ2v) is 7.17. The number of hydrogen-bond acceptors (Lipinski definition) is 6. The summed E-state index contributed by atoms with van der Waals surface area (Å²) in [7, 11) is 0. The zero-order valence-electron chi connectivity index (χ0n) is 14.3. The first-order valence-corrected chi connectivity index (χ1v) is 9.03. The maximum Gasteiger partial charge on any atom is 0.321 e. The Morgan fingerprint density at radius 3 is 2.80 bits per heavy atom. The quantitative estimate of drug-likeness (QED) is 0.795. The smallest absolute Gasteiger partial charge is 0.321 e. The van der Waals surface area contributed by atoms with Gasteiger partial charge < -0.3 is 9.73 Å². The summed E-state index contributed by atoms with van der Waals surface area (Å²) in [6.07, 6.45) is 0.296. The van der Waals surface area contributed by atoms with E-state index in [1.54, 1.807) is 6.92 Å². The molecule has 1 aliphatic heterocycles. The summed E-state index contributed by atoms with van der Waals surface area (Å²) in [4.78, 5) is 23.2. The lowest BCUT2D eigenvalue weighted by Gasteiger charge is -2.27. The third kappa shape index (κ3) is 4.19. The SMILES string of the molecule is Cc1ccc(C)c(CSc2nnc(CC3C(=O)NC(=O)NC3C)o2)c1. The molecule has 0 radical (unpaired) electrons. The van der Waals surface area contributed by atoms with E-state index in [4.69, 9.17) is 4.42 Å². The van der Waals surface area contributed by atoms with Crippen LogP contribution in [0.5, 0.6) is 0 Å². The van der Waals surface area contributed by atoms with E-state index in [0.29, 0.717) is 17.5 Å². The second kappa shape index (κ2) is 7.26. The topological polar surface area (TPSA) is 97.1 Å². The van der Waals surface area contributed by atoms with Crippen molar-refractivity contribution in [3.8, 4) is 0 Å². The number of hydrogen-bond donors (Lipinski definition) is 2. The molecule has 0 aliphatic carbocycles. The van der Waals surface area contributed by atoms with Crippen molar-refractivity contribution in [1.29, 1.82) is 0 Å². The molecule has 1 saturated heterocycles. The molecule has 7 nitrogen and oxygen atoms in total. The van der Waals surface area contributed by atoms with Crippen LogP contribution in [0, 0.1) is 19.8 Å². The van der Waals surface area contributed by atoms with Gasteiger partial charge in [0, 0.05) is 18.2 Å². The Labute approximate surface area is 150 Å². The van der Waals surface area contributed by atoms with E-state index in [0.717, 1.165) is 5.75 Å². The van der Waals surface area contributed by atoms with Crippen LogP contribution < -0.4 is 10.6 Å². The van der Waals surface area contributed by atoms with E-state index >= 15 is 0 Å². The van der Waals surface area contributed by atoms with Crippen LogP contribution in [0.15, 0.2) is 27.8 Å². The van der Waals surface area contributed by atoms with Crippen LogP contribution in [-0.4, -0.2) is 28.2 Å². The zero-order chi connectivity index (χ0) is 18.0. The van der Waals surface area contributed by atoms with Crippen molar-refractivity contribution in [2.45, 2.75) is 44.2 Å². The summed E-state index contributed by atoms with van der Waals surface area (Å²) < 4.78 is 5.65. The maximum atomic E-state index is 11.9. The molecule has 25 heavy (non-hydrogen) atoms. The van der Waals surface area contributed by atoms with Crippen LogP contribution in [-0.2, 0) is 17.0 Å². The number of nitrogens with zero attached hydrogens (tertiary/aromatic N) is 2. The van der Waals surface area contributed by atoms with Gasteiger partial charge in [0.15, 0.2) is 0 Å². The fraction of sp³-hybridized carbons (Fsp3) is 0.412. The minimum absolute atomic E-state index is 0.279. The van der Waals surface area contributed by atoms with Crippen molar-refractivity contribution in [3.05, 3.63) is 40.8 Å². The predicted octanol–water partition coefficient (Wildman–Crippen LogP) is 2.37. The number of aryl methyl sites for hydroxylation is 2. The molecule has 2 unspecified atom stereocenters. The van der Waals surface area contributed by atoms with Gasteiger partial charge in [-0.3, -0.25) is 10.1 Å². The normalized spacial score (nSPS) is 20.3. The standard InChI is InChI=1S/C17H20N4O3S/c1-9-4-5-10(2)12(6-9)8-25-17-21-20-14(24-17)7-13-11(3)18-16(23)19-15(13)22/h4-6,11,13H,7-8H2,1-3H3,(H2,18,19,22,23). The molecule has 2 aromatic rings. The van der Waals surface area contributed by atoms with Crippen LogP contribution >= 0.6 is 11.8 Å². The molecule has 132 valence electrons. The summed E-state index contributed by atoms with van der Waals surface area (Å²) >= 11 is 1.47. The first-order valence-electron chi connectivity index (χ1n) is 8.05. The number of thioether (sulfide) groups is 1. The lowest BCUT2D eigenvalue weighted by atomic mass is 9.95. The van der Waals surface area contributed by atoms with Crippen molar-refractivity contribution in [3.63, 3.8) is 0 Å². The van der Waals surface area contributed by atoms with E-state index in [9.17, 15) is 9.59 Å². The Morgan fingerprint density at radius 2 is 2.04 bits per heavy atom. The van der Waals surface area contributed by atoms with E-state index in [-0.39, 0.29) is 11.9 Å². The number of carbonyl (C=O) groups is 2. The van der Waals surface area contributed by atoms with Gasteiger partial charge in [-0.25, -0.2) is 4.79 Å². The summed E-state index contributed by atoms with van der Waals surface area (Å²) in [5.41, 5.74) is 3.67. The summed E-state index contributed by atoms with van der Waals surface area (Å²) in [5.74, 6) is 0.395. The average Bonchev–Trinajstić information content (AvgIpc) is 2.99. The molecular weight excluding hydrogens is 340 g/mol. The van der Waals surface area contributed by atoms with E-state index < -0.39 is 11.9 Å². The van der Waals surface area contributed by atoms with Crippen LogP contribution in [0.2, 0.25) is 0 Å². The summed E-state index contributed by atoms with van der Waals surface area (Å²) in [6.45, 7) is 5.92. The van der Waals surface area contributed by atoms with Gasteiger partial charge in [-0.2, -0.15) is 0 Å². The van der Waals surface area contributed by atoms with Crippen molar-refractivity contribution < 1.29 is 14.0 Å². The lowest BCUT2D eigenvalue weighted by molar-refractivity contribution is -0.125. The minimum atomic E-state index is -0.468. The number of nitrogens with one attached hydrogen (secondary N) is 2. The number of carbonyl (C=O) groups excluding carboxylic acids is 2. The number of amides is 3. The number of urea groups is 1. The molecule has 8 heteroatoms. The largest absolute Gasteiger partial charge is 0.416 e. The van der Waals surface area contributed by atoms with Gasteiger partial charge >= 0.3 is 6.03 Å². The Morgan fingerprint density at radius 1 is 1.24 bits per heavy atom. The van der Waals surface area contributed by atoms with E-state index in [1.807, 2.05) is 0 Å². The predicted molar refractivity (Wildman–Crippen MR) is 93.1 cm³/mol. The summed E-state index contributed by atoms with van der Waals surface area (Å²) in [5, 5.41) is 13.5. The first-order chi connectivity index (χ1) is 11.9. The highest BCUT2D eigenvalue weighted by atomic mass is 32.2. The molecule has 1 fully saturated rings. The van der Waals surface area contributed by atoms with Crippen LogP contribution in [0.25, 0.3) is 0 Å². The number of imide groups is 1. The van der Waals surface area contributed by atoms with Gasteiger partial charge in [-0.05, 0) is 31.9 Å². The minimum Gasteiger partial charge on any atom is -0.416 e. The van der Waals surface area contributed by atoms with Crippen LogP contribution in [0.3, 0.4) is 0 Å². The van der Waals surface area contributed by atoms with Crippen molar-refractivity contribution in [2.24, 2.45) is 5.92 Å². The zero-order valence-corrected chi connectivity index (χ0v) is 15.1. The highest BCUT2D eigenvalue weighted by molar-refractivity contribution is 7.98. The molecular formula is C17H20N4O3S. The van der Waals surface area contributed by atoms with Gasteiger partial charge in [0.05, 0.1) is 5.92 Å². The lowest BCUT2D eigenvalue weighted by Crippen LogP contribution is -2.57. The molecule has 2 atom stereocenters. The van der Waals surface area contributed by atoms with E-state index in [2.05, 4.69) is 52.9 Å². The molecule has 1 aliphatic rings. The molecule has 0 saturated carbocycles. The monoisotopic (exact) mass is 360 g/mol. The molecule has 0 spiro atoms. The Bertz CT molecular complexity index is 805. The van der Waals surface area contributed by atoms with Crippen molar-refractivity contribution in [1.82, 2.24) is 20.8 Å². The molecule has 0 bridgehead atoms. The molecule has 1 aromatic heterocycles. The average molecular weight is 360 g/mol. The number of rotatable bonds is 5. The fourth-order valence-electron chi connectivity index (χ4n) is 2.71. The van der Waals surface area contributed by atoms with Gasteiger partial charge in [-0.1, -0.05) is 35.5 Å². The molecule has 2 heterocycles. The Hall–Kier alpha value is -2.35. The Balaban J connectivity index is 1.61. The highest BCUT2D eigenvalue weighted by Crippen LogP contribution is 2.25. The first kappa shape index (κ1) is 17.5. The third-order valence-corrected chi connectivity index (χ3v) is 5.10. The van der Waals surface area contributed by atoms with Gasteiger partial charge in [0.1, 0.15) is 0 Å². The Kier molecular flexibility index (Phi) is 5.08. The molecule has 3 rings (SSSR count). The maximum absolute atomic E-state index is 11.9. The highest BCUT2D eigenvalue weighted by Gasteiger charge is 2.33. The number of benzene rings is 1. The van der Waals surface area contributed by atoms with Crippen LogP contribution in [0.4, 0.5) is 4.79 Å². The number of aromatic nitrogens is 2. The third-order valence-electron chi connectivity index (χ3n) is 4.23. The van der Waals surface area contributed by atoms with Crippen molar-refractivity contribution >= 4 is 23.7 Å². The van der Waals surface area contributed by atoms with E-state index in [1.165, 1.54) is 28.5 Å². The van der Waals surface area contributed by atoms with Gasteiger partial charge in [-0.15, -0.1) is 10.2 Å².